The van der Waals surface area contributed by atoms with Gasteiger partial charge in [-0.15, -0.1) is 0 Å². The molecule has 1 rings (SSSR count). The molecule has 96 valence electrons. The minimum atomic E-state index is 0.245. The quantitative estimate of drug-likeness (QED) is 0.583. The largest absolute Gasteiger partial charge is 0.395 e. The van der Waals surface area contributed by atoms with E-state index in [4.69, 9.17) is 0 Å². The zero-order valence-electron chi connectivity index (χ0n) is 10.9. The third kappa shape index (κ3) is 6.43. The van der Waals surface area contributed by atoms with Crippen LogP contribution in [0.4, 0.5) is 0 Å². The summed E-state index contributed by atoms with van der Waals surface area (Å²) in [6, 6.07) is 0.921. The van der Waals surface area contributed by atoms with Crippen LogP contribution in [0, 0.1) is 0 Å². The van der Waals surface area contributed by atoms with Gasteiger partial charge >= 0.3 is 0 Å². The van der Waals surface area contributed by atoms with Crippen LogP contribution in [0.5, 0.6) is 0 Å². The lowest BCUT2D eigenvalue weighted by atomic mass is 10.2. The molecule has 2 N–H and O–H groups in total. The third-order valence-electron chi connectivity index (χ3n) is 2.95. The highest BCUT2D eigenvalue weighted by molar-refractivity contribution is 4.85. The maximum absolute atomic E-state index is 9.27. The smallest absolute Gasteiger partial charge is 0.0597 e. The number of likely N-dealkylation sites (N-methyl/N-ethyl adjacent to an activating group) is 1. The van der Waals surface area contributed by atoms with Gasteiger partial charge in [0, 0.05) is 18.6 Å². The van der Waals surface area contributed by atoms with Gasteiger partial charge in [-0.2, -0.15) is 0 Å². The summed E-state index contributed by atoms with van der Waals surface area (Å²) in [6.07, 6.45) is 3.74. The fourth-order valence-electron chi connectivity index (χ4n) is 1.87. The van der Waals surface area contributed by atoms with E-state index in [2.05, 4.69) is 36.3 Å². The zero-order chi connectivity index (χ0) is 12.0. The van der Waals surface area contributed by atoms with Gasteiger partial charge in [-0.3, -0.25) is 0 Å². The molecule has 0 saturated heterocycles. The van der Waals surface area contributed by atoms with Crippen molar-refractivity contribution >= 4 is 0 Å². The van der Waals surface area contributed by atoms with Crippen molar-refractivity contribution in [1.29, 1.82) is 0 Å². The molecule has 1 aliphatic rings. The van der Waals surface area contributed by atoms with Gasteiger partial charge in [0.15, 0.2) is 0 Å². The van der Waals surface area contributed by atoms with Crippen molar-refractivity contribution in [3.05, 3.63) is 0 Å². The summed E-state index contributed by atoms with van der Waals surface area (Å²) in [5.74, 6) is 0. The van der Waals surface area contributed by atoms with Crippen LogP contribution >= 0.6 is 0 Å². The minimum Gasteiger partial charge on any atom is -0.395 e. The van der Waals surface area contributed by atoms with Crippen molar-refractivity contribution in [1.82, 2.24) is 15.1 Å². The summed E-state index contributed by atoms with van der Waals surface area (Å²) in [5.41, 5.74) is 0. The Kier molecular flexibility index (Phi) is 6.28. The van der Waals surface area contributed by atoms with E-state index in [1.807, 2.05) is 0 Å². The summed E-state index contributed by atoms with van der Waals surface area (Å²) in [7, 11) is 6.34. The average molecular weight is 229 g/mol. The molecule has 1 saturated carbocycles. The van der Waals surface area contributed by atoms with Crippen LogP contribution in [0.1, 0.15) is 19.3 Å². The molecule has 1 atom stereocenters. The van der Waals surface area contributed by atoms with Crippen molar-refractivity contribution < 1.29 is 5.11 Å². The van der Waals surface area contributed by atoms with E-state index < -0.39 is 0 Å². The molecule has 4 nitrogen and oxygen atoms in total. The van der Waals surface area contributed by atoms with Gasteiger partial charge in [0.2, 0.25) is 0 Å². The highest BCUT2D eigenvalue weighted by Gasteiger charge is 2.24. The fraction of sp³-hybridized carbons (Fsp3) is 1.00. The third-order valence-corrected chi connectivity index (χ3v) is 2.95. The Bertz CT molecular complexity index is 183. The lowest BCUT2D eigenvalue weighted by Crippen LogP contribution is -2.43. The maximum atomic E-state index is 9.27. The second kappa shape index (κ2) is 7.22. The van der Waals surface area contributed by atoms with Gasteiger partial charge in [-0.25, -0.2) is 0 Å². The second-order valence-corrected chi connectivity index (χ2v) is 5.24. The molecule has 0 aromatic rings. The van der Waals surface area contributed by atoms with Crippen LogP contribution in [0.15, 0.2) is 0 Å². The predicted molar refractivity (Wildman–Crippen MR) is 67.7 cm³/mol. The molecular formula is C12H27N3O. The Labute approximate surface area is 99.6 Å². The molecule has 0 aliphatic heterocycles. The summed E-state index contributed by atoms with van der Waals surface area (Å²) in [4.78, 5) is 4.51. The number of hydrogen-bond acceptors (Lipinski definition) is 4. The Balaban J connectivity index is 2.07. The van der Waals surface area contributed by atoms with Gasteiger partial charge in [-0.1, -0.05) is 0 Å². The molecule has 0 aromatic heterocycles. The van der Waals surface area contributed by atoms with Crippen LogP contribution in [0.2, 0.25) is 0 Å². The molecule has 0 bridgehead atoms. The van der Waals surface area contributed by atoms with E-state index in [0.29, 0.717) is 6.04 Å². The molecule has 16 heavy (non-hydrogen) atoms. The average Bonchev–Trinajstić information content (AvgIpc) is 3.00. The number of aliphatic hydroxyl groups excluding tert-OH is 1. The SMILES string of the molecule is CN(C)CCCN(C)CC(CO)NC1CC1. The van der Waals surface area contributed by atoms with Crippen molar-refractivity contribution in [3.63, 3.8) is 0 Å². The van der Waals surface area contributed by atoms with Crippen molar-refractivity contribution in [3.8, 4) is 0 Å². The van der Waals surface area contributed by atoms with Gasteiger partial charge in [-0.05, 0) is 53.5 Å². The minimum absolute atomic E-state index is 0.245. The first kappa shape index (κ1) is 13.9. The van der Waals surface area contributed by atoms with E-state index in [9.17, 15) is 5.11 Å². The summed E-state index contributed by atoms with van der Waals surface area (Å²) in [6.45, 7) is 3.42. The Morgan fingerprint density at radius 3 is 2.44 bits per heavy atom. The number of nitrogens with one attached hydrogen (secondary N) is 1. The topological polar surface area (TPSA) is 38.7 Å². The van der Waals surface area contributed by atoms with Gasteiger partial charge in [0.25, 0.3) is 0 Å². The lowest BCUT2D eigenvalue weighted by Gasteiger charge is -2.24. The van der Waals surface area contributed by atoms with Gasteiger partial charge in [0.05, 0.1) is 6.61 Å². The molecule has 0 radical (unpaired) electrons. The van der Waals surface area contributed by atoms with Crippen molar-refractivity contribution in [2.75, 3.05) is 47.4 Å². The standard InChI is InChI=1S/C12H27N3O/c1-14(2)7-4-8-15(3)9-12(10-16)13-11-5-6-11/h11-13,16H,4-10H2,1-3H3. The first-order valence-electron chi connectivity index (χ1n) is 6.32. The summed E-state index contributed by atoms with van der Waals surface area (Å²) in [5, 5.41) is 12.7. The van der Waals surface area contributed by atoms with Gasteiger partial charge < -0.3 is 20.2 Å². The summed E-state index contributed by atoms with van der Waals surface area (Å²) < 4.78 is 0. The van der Waals surface area contributed by atoms with E-state index >= 15 is 0 Å². The normalized spacial score (nSPS) is 18.4. The molecule has 1 aliphatic carbocycles. The fourth-order valence-corrected chi connectivity index (χ4v) is 1.87. The molecule has 0 heterocycles. The van der Waals surface area contributed by atoms with E-state index in [1.54, 1.807) is 0 Å². The zero-order valence-corrected chi connectivity index (χ0v) is 10.9. The molecule has 0 amide bonds. The molecule has 0 spiro atoms. The Hall–Kier alpha value is -0.160. The highest BCUT2D eigenvalue weighted by atomic mass is 16.3. The Morgan fingerprint density at radius 1 is 1.25 bits per heavy atom. The number of aliphatic hydroxyl groups is 1. The molecule has 1 unspecified atom stereocenters. The second-order valence-electron chi connectivity index (χ2n) is 5.24. The first-order valence-corrected chi connectivity index (χ1v) is 6.32. The predicted octanol–water partition coefficient (Wildman–Crippen LogP) is -0.0172. The van der Waals surface area contributed by atoms with E-state index in [1.165, 1.54) is 19.3 Å². The highest BCUT2D eigenvalue weighted by Crippen LogP contribution is 2.19. The molecule has 4 heteroatoms. The lowest BCUT2D eigenvalue weighted by molar-refractivity contribution is 0.194. The van der Waals surface area contributed by atoms with Crippen LogP contribution < -0.4 is 5.32 Å². The van der Waals surface area contributed by atoms with E-state index in [-0.39, 0.29) is 12.6 Å². The van der Waals surface area contributed by atoms with E-state index in [0.717, 1.165) is 19.6 Å². The van der Waals surface area contributed by atoms with Crippen LogP contribution in [0.3, 0.4) is 0 Å². The molecule has 0 aromatic carbocycles. The van der Waals surface area contributed by atoms with Crippen molar-refractivity contribution in [2.45, 2.75) is 31.3 Å². The van der Waals surface area contributed by atoms with Crippen LogP contribution in [-0.4, -0.2) is 74.4 Å². The molecular weight excluding hydrogens is 202 g/mol. The van der Waals surface area contributed by atoms with Crippen LogP contribution in [-0.2, 0) is 0 Å². The molecule has 1 fully saturated rings. The number of rotatable bonds is 9. The van der Waals surface area contributed by atoms with Crippen LogP contribution in [0.25, 0.3) is 0 Å². The summed E-state index contributed by atoms with van der Waals surface area (Å²) >= 11 is 0. The maximum Gasteiger partial charge on any atom is 0.0597 e. The monoisotopic (exact) mass is 229 g/mol. The van der Waals surface area contributed by atoms with Gasteiger partial charge in [0.1, 0.15) is 0 Å². The Morgan fingerprint density at radius 2 is 1.94 bits per heavy atom. The number of hydrogen-bond donors (Lipinski definition) is 2. The first-order chi connectivity index (χ1) is 7.61. The van der Waals surface area contributed by atoms with Crippen molar-refractivity contribution in [2.24, 2.45) is 0 Å². The number of nitrogens with zero attached hydrogens (tertiary/aromatic N) is 2.